The Bertz CT molecular complexity index is 295. The van der Waals surface area contributed by atoms with Crippen molar-refractivity contribution in [1.82, 2.24) is 15.5 Å². The van der Waals surface area contributed by atoms with E-state index in [-0.39, 0.29) is 17.9 Å². The van der Waals surface area contributed by atoms with Crippen molar-refractivity contribution in [3.05, 3.63) is 0 Å². The van der Waals surface area contributed by atoms with Crippen molar-refractivity contribution in [2.24, 2.45) is 5.92 Å². The van der Waals surface area contributed by atoms with Crippen LogP contribution in [0.25, 0.3) is 0 Å². The van der Waals surface area contributed by atoms with Crippen LogP contribution < -0.4 is 10.6 Å². The van der Waals surface area contributed by atoms with Crippen molar-refractivity contribution in [2.45, 2.75) is 38.5 Å². The average molecular weight is 253 g/mol. The number of carbonyl (C=O) groups excluding carboxylic acids is 2. The molecule has 5 nitrogen and oxygen atoms in total. The van der Waals surface area contributed by atoms with E-state index in [0.717, 1.165) is 38.8 Å². The van der Waals surface area contributed by atoms with E-state index in [2.05, 4.69) is 10.6 Å². The van der Waals surface area contributed by atoms with Crippen LogP contribution in [-0.2, 0) is 4.79 Å². The van der Waals surface area contributed by atoms with Gasteiger partial charge in [-0.1, -0.05) is 12.8 Å². The summed E-state index contributed by atoms with van der Waals surface area (Å²) < 4.78 is 0. The summed E-state index contributed by atoms with van der Waals surface area (Å²) in [5.74, 6) is 0.380. The fourth-order valence-corrected chi connectivity index (χ4v) is 2.23. The summed E-state index contributed by atoms with van der Waals surface area (Å²) in [6.07, 6.45) is 6.69. The second kappa shape index (κ2) is 6.61. The molecule has 1 aliphatic carbocycles. The maximum atomic E-state index is 11.8. The fourth-order valence-electron chi connectivity index (χ4n) is 2.23. The molecule has 1 heterocycles. The van der Waals surface area contributed by atoms with E-state index in [1.807, 2.05) is 4.90 Å². The second-order valence-electron chi connectivity index (χ2n) is 5.20. The van der Waals surface area contributed by atoms with Crippen LogP contribution in [0.5, 0.6) is 0 Å². The van der Waals surface area contributed by atoms with E-state index < -0.39 is 0 Å². The summed E-state index contributed by atoms with van der Waals surface area (Å²) in [5.41, 5.74) is 0. The quantitative estimate of drug-likeness (QED) is 0.737. The van der Waals surface area contributed by atoms with Crippen LogP contribution in [0, 0.1) is 5.92 Å². The van der Waals surface area contributed by atoms with Gasteiger partial charge < -0.3 is 15.5 Å². The van der Waals surface area contributed by atoms with E-state index in [1.54, 1.807) is 0 Å². The zero-order chi connectivity index (χ0) is 12.8. The van der Waals surface area contributed by atoms with Gasteiger partial charge in [-0.25, -0.2) is 4.79 Å². The molecular formula is C13H23N3O2. The molecule has 0 aromatic rings. The first-order valence-electron chi connectivity index (χ1n) is 7.08. The topological polar surface area (TPSA) is 61.4 Å². The van der Waals surface area contributed by atoms with Crippen LogP contribution >= 0.6 is 0 Å². The van der Waals surface area contributed by atoms with Crippen molar-refractivity contribution < 1.29 is 9.59 Å². The summed E-state index contributed by atoms with van der Waals surface area (Å²) in [5, 5.41) is 5.71. The number of rotatable bonds is 4. The molecule has 0 aromatic heterocycles. The number of hydrogen-bond acceptors (Lipinski definition) is 2. The van der Waals surface area contributed by atoms with Gasteiger partial charge in [-0.05, 0) is 25.7 Å². The van der Waals surface area contributed by atoms with E-state index in [0.29, 0.717) is 13.1 Å². The number of urea groups is 1. The zero-order valence-corrected chi connectivity index (χ0v) is 10.9. The van der Waals surface area contributed by atoms with Gasteiger partial charge in [0.1, 0.15) is 0 Å². The van der Waals surface area contributed by atoms with Gasteiger partial charge in [0.05, 0.1) is 0 Å². The molecule has 0 atom stereocenters. The Morgan fingerprint density at radius 1 is 0.944 bits per heavy atom. The van der Waals surface area contributed by atoms with Gasteiger partial charge >= 0.3 is 6.03 Å². The van der Waals surface area contributed by atoms with Gasteiger partial charge in [-0.15, -0.1) is 0 Å². The molecule has 2 rings (SSSR count). The average Bonchev–Trinajstić information content (AvgIpc) is 3.19. The van der Waals surface area contributed by atoms with Gasteiger partial charge in [0, 0.05) is 32.1 Å². The highest BCUT2D eigenvalue weighted by Gasteiger charge is 2.29. The molecule has 18 heavy (non-hydrogen) atoms. The zero-order valence-electron chi connectivity index (χ0n) is 10.9. The lowest BCUT2D eigenvalue weighted by Crippen LogP contribution is -2.43. The Balaban J connectivity index is 1.57. The van der Waals surface area contributed by atoms with E-state index in [1.165, 1.54) is 12.8 Å². The van der Waals surface area contributed by atoms with Gasteiger partial charge in [0.15, 0.2) is 0 Å². The summed E-state index contributed by atoms with van der Waals surface area (Å²) in [6.45, 7) is 2.78. The van der Waals surface area contributed by atoms with Crippen molar-refractivity contribution >= 4 is 11.9 Å². The number of likely N-dealkylation sites (tertiary alicyclic amines) is 1. The molecule has 0 unspecified atom stereocenters. The van der Waals surface area contributed by atoms with Crippen LogP contribution in [0.15, 0.2) is 0 Å². The lowest BCUT2D eigenvalue weighted by Gasteiger charge is -2.20. The van der Waals surface area contributed by atoms with Crippen molar-refractivity contribution in [1.29, 1.82) is 0 Å². The summed E-state index contributed by atoms with van der Waals surface area (Å²) in [4.78, 5) is 25.1. The summed E-state index contributed by atoms with van der Waals surface area (Å²) >= 11 is 0. The Labute approximate surface area is 108 Å². The Kier molecular flexibility index (Phi) is 4.84. The number of hydrogen-bond donors (Lipinski definition) is 2. The second-order valence-corrected chi connectivity index (χ2v) is 5.20. The van der Waals surface area contributed by atoms with Crippen LogP contribution in [0.2, 0.25) is 0 Å². The van der Waals surface area contributed by atoms with Gasteiger partial charge in [0.2, 0.25) is 5.91 Å². The summed E-state index contributed by atoms with van der Waals surface area (Å²) in [7, 11) is 0. The predicted molar refractivity (Wildman–Crippen MR) is 69.2 cm³/mol. The molecule has 2 fully saturated rings. The highest BCUT2D eigenvalue weighted by Crippen LogP contribution is 2.28. The molecular weight excluding hydrogens is 230 g/mol. The van der Waals surface area contributed by atoms with Gasteiger partial charge in [0.25, 0.3) is 0 Å². The molecule has 3 amide bonds. The van der Waals surface area contributed by atoms with Crippen LogP contribution in [0.1, 0.15) is 38.5 Å². The minimum absolute atomic E-state index is 0.0116. The standard InChI is InChI=1S/C13H23N3O2/c17-12(11-5-6-11)14-7-8-15-13(18)16-9-3-1-2-4-10-16/h11H,1-10H2,(H,14,17)(H,15,18). The molecule has 0 bridgehead atoms. The highest BCUT2D eigenvalue weighted by molar-refractivity contribution is 5.80. The molecule has 0 aromatic carbocycles. The number of carbonyl (C=O) groups is 2. The lowest BCUT2D eigenvalue weighted by molar-refractivity contribution is -0.122. The smallest absolute Gasteiger partial charge is 0.317 e. The largest absolute Gasteiger partial charge is 0.354 e. The molecule has 2 aliphatic rings. The van der Waals surface area contributed by atoms with Crippen molar-refractivity contribution in [3.63, 3.8) is 0 Å². The molecule has 1 saturated heterocycles. The highest BCUT2D eigenvalue weighted by atomic mass is 16.2. The summed E-state index contributed by atoms with van der Waals surface area (Å²) in [6, 6.07) is 0.0116. The van der Waals surface area contributed by atoms with E-state index in [9.17, 15) is 9.59 Å². The number of amides is 3. The third-order valence-electron chi connectivity index (χ3n) is 3.54. The van der Waals surface area contributed by atoms with E-state index in [4.69, 9.17) is 0 Å². The molecule has 1 aliphatic heterocycles. The molecule has 102 valence electrons. The van der Waals surface area contributed by atoms with E-state index >= 15 is 0 Å². The van der Waals surface area contributed by atoms with Crippen molar-refractivity contribution in [3.8, 4) is 0 Å². The first-order valence-corrected chi connectivity index (χ1v) is 7.08. The monoisotopic (exact) mass is 253 g/mol. The molecule has 0 spiro atoms. The Hall–Kier alpha value is -1.26. The van der Waals surface area contributed by atoms with Gasteiger partial charge in [-0.2, -0.15) is 0 Å². The SMILES string of the molecule is O=C(NCCNC(=O)N1CCCCCC1)C1CC1. The van der Waals surface area contributed by atoms with Crippen LogP contribution in [0.3, 0.4) is 0 Å². The molecule has 0 radical (unpaired) electrons. The van der Waals surface area contributed by atoms with Crippen molar-refractivity contribution in [2.75, 3.05) is 26.2 Å². The Morgan fingerprint density at radius 2 is 1.56 bits per heavy atom. The maximum Gasteiger partial charge on any atom is 0.317 e. The minimum Gasteiger partial charge on any atom is -0.354 e. The molecule has 1 saturated carbocycles. The predicted octanol–water partition coefficient (Wildman–Crippen LogP) is 1.10. The number of nitrogens with one attached hydrogen (secondary N) is 2. The first kappa shape index (κ1) is 13.2. The lowest BCUT2D eigenvalue weighted by atomic mass is 10.2. The maximum absolute atomic E-state index is 11.8. The van der Waals surface area contributed by atoms with Crippen LogP contribution in [0.4, 0.5) is 4.79 Å². The third-order valence-corrected chi connectivity index (χ3v) is 3.54. The Morgan fingerprint density at radius 3 is 2.17 bits per heavy atom. The normalized spacial score (nSPS) is 20.1. The molecule has 5 heteroatoms. The third kappa shape index (κ3) is 4.20. The molecule has 2 N–H and O–H groups in total. The van der Waals surface area contributed by atoms with Gasteiger partial charge in [-0.3, -0.25) is 4.79 Å². The first-order chi connectivity index (χ1) is 8.77. The van der Waals surface area contributed by atoms with Crippen LogP contribution in [-0.4, -0.2) is 43.0 Å². The minimum atomic E-state index is 0.0116. The number of nitrogens with zero attached hydrogens (tertiary/aromatic N) is 1. The fraction of sp³-hybridized carbons (Fsp3) is 0.846.